The van der Waals surface area contributed by atoms with Crippen molar-refractivity contribution < 1.29 is 19.5 Å². The third kappa shape index (κ3) is 2.82. The molecule has 0 spiro atoms. The van der Waals surface area contributed by atoms with Crippen LogP contribution in [0.3, 0.4) is 0 Å². The normalized spacial score (nSPS) is 20.3. The second-order valence-electron chi connectivity index (χ2n) is 5.72. The highest BCUT2D eigenvalue weighted by Crippen LogP contribution is 2.35. The van der Waals surface area contributed by atoms with Gasteiger partial charge in [0.05, 0.1) is 30.3 Å². The molecule has 0 saturated heterocycles. The number of carboxylic acids is 1. The van der Waals surface area contributed by atoms with Crippen LogP contribution < -0.4 is 5.32 Å². The molecule has 2 N–H and O–H groups in total. The van der Waals surface area contributed by atoms with E-state index in [1.165, 1.54) is 9.80 Å². The summed E-state index contributed by atoms with van der Waals surface area (Å²) in [4.78, 5) is 38.6. The monoisotopic (exact) mass is 349 g/mol. The van der Waals surface area contributed by atoms with Gasteiger partial charge < -0.3 is 15.3 Å². The molecule has 0 saturated carbocycles. The number of rotatable bonds is 4. The Hall–Kier alpha value is -2.54. The van der Waals surface area contributed by atoms with E-state index in [0.29, 0.717) is 16.3 Å². The molecular weight excluding hydrogens is 334 g/mol. The van der Waals surface area contributed by atoms with Crippen molar-refractivity contribution in [1.82, 2.24) is 15.1 Å². The van der Waals surface area contributed by atoms with Gasteiger partial charge in [-0.2, -0.15) is 0 Å². The minimum absolute atomic E-state index is 0.108. The average Bonchev–Trinajstić information content (AvgIpc) is 2.87. The van der Waals surface area contributed by atoms with Gasteiger partial charge >= 0.3 is 12.0 Å². The van der Waals surface area contributed by atoms with Gasteiger partial charge in [0.15, 0.2) is 0 Å². The van der Waals surface area contributed by atoms with Gasteiger partial charge in [0.2, 0.25) is 0 Å². The highest BCUT2D eigenvalue weighted by atomic mass is 35.5. The summed E-state index contributed by atoms with van der Waals surface area (Å²) in [5.41, 5.74) is 1.83. The van der Waals surface area contributed by atoms with Gasteiger partial charge in [0.1, 0.15) is 0 Å². The molecule has 0 aliphatic carbocycles. The van der Waals surface area contributed by atoms with Crippen LogP contribution >= 0.6 is 11.6 Å². The zero-order valence-corrected chi connectivity index (χ0v) is 13.7. The Bertz CT molecular complexity index is 744. The fourth-order valence-corrected chi connectivity index (χ4v) is 3.07. The van der Waals surface area contributed by atoms with Crippen LogP contribution in [0.1, 0.15) is 18.0 Å². The Morgan fingerprint density at radius 3 is 2.62 bits per heavy atom. The number of nitrogens with one attached hydrogen (secondary N) is 1. The maximum absolute atomic E-state index is 12.7. The predicted octanol–water partition coefficient (Wildman–Crippen LogP) is 1.61. The lowest BCUT2D eigenvalue weighted by molar-refractivity contribution is -0.137. The van der Waals surface area contributed by atoms with Crippen LogP contribution in [-0.2, 0) is 9.59 Å². The van der Waals surface area contributed by atoms with Gasteiger partial charge in [-0.05, 0) is 17.7 Å². The molecule has 3 amide bonds. The molecule has 1 aromatic carbocycles. The average molecular weight is 350 g/mol. The number of likely N-dealkylation sites (N-methyl/N-ethyl adjacent to an activating group) is 1. The van der Waals surface area contributed by atoms with E-state index in [2.05, 4.69) is 5.32 Å². The van der Waals surface area contributed by atoms with Crippen molar-refractivity contribution in [2.45, 2.75) is 12.5 Å². The van der Waals surface area contributed by atoms with Crippen molar-refractivity contribution in [2.24, 2.45) is 0 Å². The summed E-state index contributed by atoms with van der Waals surface area (Å²) >= 11 is 5.90. The first-order chi connectivity index (χ1) is 11.4. The molecule has 0 radical (unpaired) electrons. The fourth-order valence-electron chi connectivity index (χ4n) is 2.94. The maximum atomic E-state index is 12.7. The van der Waals surface area contributed by atoms with Crippen LogP contribution in [0.4, 0.5) is 4.79 Å². The summed E-state index contributed by atoms with van der Waals surface area (Å²) in [6.45, 7) is 0.339. The SMILES string of the molecule is CN1C(=O)NC(c2ccc(Cl)cc2)C2=C1CN(CCC(=O)O)C2=O. The first-order valence-corrected chi connectivity index (χ1v) is 7.80. The van der Waals surface area contributed by atoms with E-state index in [4.69, 9.17) is 16.7 Å². The molecule has 8 heteroatoms. The van der Waals surface area contributed by atoms with Crippen molar-refractivity contribution in [1.29, 1.82) is 0 Å². The molecule has 0 aromatic heterocycles. The molecule has 24 heavy (non-hydrogen) atoms. The van der Waals surface area contributed by atoms with Crippen molar-refractivity contribution in [3.8, 4) is 0 Å². The summed E-state index contributed by atoms with van der Waals surface area (Å²) in [5, 5.41) is 12.2. The van der Waals surface area contributed by atoms with E-state index in [-0.39, 0.29) is 31.4 Å². The number of nitrogens with zero attached hydrogens (tertiary/aromatic N) is 2. The molecule has 2 heterocycles. The molecule has 1 aromatic rings. The summed E-state index contributed by atoms with van der Waals surface area (Å²) in [5.74, 6) is -1.22. The van der Waals surface area contributed by atoms with Crippen molar-refractivity contribution in [2.75, 3.05) is 20.1 Å². The van der Waals surface area contributed by atoms with E-state index in [9.17, 15) is 14.4 Å². The largest absolute Gasteiger partial charge is 0.481 e. The molecule has 2 aliphatic heterocycles. The molecule has 7 nitrogen and oxygen atoms in total. The molecule has 0 bridgehead atoms. The van der Waals surface area contributed by atoms with Crippen LogP contribution in [0.2, 0.25) is 5.02 Å². The first-order valence-electron chi connectivity index (χ1n) is 7.42. The molecule has 3 rings (SSSR count). The van der Waals surface area contributed by atoms with Gasteiger partial charge in [-0.3, -0.25) is 14.5 Å². The van der Waals surface area contributed by atoms with Gasteiger partial charge in [-0.25, -0.2) is 4.79 Å². The summed E-state index contributed by atoms with van der Waals surface area (Å²) < 4.78 is 0. The molecule has 0 fully saturated rings. The number of carbonyl (C=O) groups is 3. The van der Waals surface area contributed by atoms with E-state index >= 15 is 0 Å². The van der Waals surface area contributed by atoms with Crippen LogP contribution in [-0.4, -0.2) is 53.0 Å². The number of aliphatic carboxylic acids is 1. The van der Waals surface area contributed by atoms with Gasteiger partial charge in [0.25, 0.3) is 5.91 Å². The topological polar surface area (TPSA) is 90.0 Å². The Morgan fingerprint density at radius 1 is 1.33 bits per heavy atom. The molecule has 126 valence electrons. The Kier molecular flexibility index (Phi) is 4.19. The van der Waals surface area contributed by atoms with E-state index < -0.39 is 12.0 Å². The van der Waals surface area contributed by atoms with Crippen LogP contribution in [0, 0.1) is 0 Å². The third-order valence-electron chi connectivity index (χ3n) is 4.23. The fraction of sp³-hybridized carbons (Fsp3) is 0.312. The predicted molar refractivity (Wildman–Crippen MR) is 86.3 cm³/mol. The second kappa shape index (κ2) is 6.16. The van der Waals surface area contributed by atoms with Crippen molar-refractivity contribution in [3.05, 3.63) is 46.1 Å². The van der Waals surface area contributed by atoms with Crippen molar-refractivity contribution >= 4 is 29.5 Å². The molecular formula is C16H16ClN3O4. The minimum Gasteiger partial charge on any atom is -0.481 e. The first kappa shape index (κ1) is 16.3. The number of hydrogen-bond acceptors (Lipinski definition) is 3. The van der Waals surface area contributed by atoms with Crippen LogP contribution in [0.15, 0.2) is 35.5 Å². The number of benzene rings is 1. The Morgan fingerprint density at radius 2 is 2.00 bits per heavy atom. The quantitative estimate of drug-likeness (QED) is 0.864. The Labute approximate surface area is 143 Å². The highest BCUT2D eigenvalue weighted by molar-refractivity contribution is 6.30. The lowest BCUT2D eigenvalue weighted by Crippen LogP contribution is -2.45. The van der Waals surface area contributed by atoms with E-state index in [0.717, 1.165) is 5.56 Å². The van der Waals surface area contributed by atoms with Crippen LogP contribution in [0.25, 0.3) is 0 Å². The zero-order valence-electron chi connectivity index (χ0n) is 13.0. The maximum Gasteiger partial charge on any atom is 0.322 e. The number of carbonyl (C=O) groups excluding carboxylic acids is 2. The molecule has 1 unspecified atom stereocenters. The smallest absolute Gasteiger partial charge is 0.322 e. The summed E-state index contributed by atoms with van der Waals surface area (Å²) in [6, 6.07) is 6.05. The lowest BCUT2D eigenvalue weighted by Gasteiger charge is -2.31. The number of urea groups is 1. The lowest BCUT2D eigenvalue weighted by atomic mass is 9.96. The zero-order chi connectivity index (χ0) is 17.4. The number of carboxylic acid groups (broad SMARTS) is 1. The Balaban J connectivity index is 1.94. The van der Waals surface area contributed by atoms with Gasteiger partial charge in [0, 0.05) is 18.6 Å². The third-order valence-corrected chi connectivity index (χ3v) is 4.49. The summed E-state index contributed by atoms with van der Waals surface area (Å²) in [6.07, 6.45) is -0.136. The van der Waals surface area contributed by atoms with Crippen molar-refractivity contribution in [3.63, 3.8) is 0 Å². The van der Waals surface area contributed by atoms with Gasteiger partial charge in [-0.1, -0.05) is 23.7 Å². The van der Waals surface area contributed by atoms with Crippen LogP contribution in [0.5, 0.6) is 0 Å². The molecule has 1 atom stereocenters. The number of halogens is 1. The number of hydrogen-bond donors (Lipinski definition) is 2. The second-order valence-corrected chi connectivity index (χ2v) is 6.16. The van der Waals surface area contributed by atoms with E-state index in [1.807, 2.05) is 0 Å². The summed E-state index contributed by atoms with van der Waals surface area (Å²) in [7, 11) is 1.59. The molecule has 2 aliphatic rings. The minimum atomic E-state index is -0.968. The van der Waals surface area contributed by atoms with E-state index in [1.54, 1.807) is 31.3 Å². The highest BCUT2D eigenvalue weighted by Gasteiger charge is 2.42. The standard InChI is InChI=1S/C16H16ClN3O4/c1-19-11-8-20(7-6-12(21)22)15(23)13(11)14(18-16(19)24)9-2-4-10(17)5-3-9/h2-5,14H,6-8H2,1H3,(H,18,24)(H,21,22). The number of amides is 3. The van der Waals surface area contributed by atoms with Gasteiger partial charge in [-0.15, -0.1) is 0 Å².